The first-order valence-electron chi connectivity index (χ1n) is 18.5. The molecule has 1 aromatic heterocycles. The van der Waals surface area contributed by atoms with E-state index in [0.717, 1.165) is 22.2 Å². The molecule has 2 saturated heterocycles. The van der Waals surface area contributed by atoms with Crippen molar-refractivity contribution in [3.8, 4) is 17.2 Å². The molecule has 2 aromatic carbocycles. The predicted octanol–water partition coefficient (Wildman–Crippen LogP) is 3.00. The number of hydrogen-bond donors (Lipinski definition) is 3. The summed E-state index contributed by atoms with van der Waals surface area (Å²) in [5.41, 5.74) is 4.09. The summed E-state index contributed by atoms with van der Waals surface area (Å²) in [6.07, 6.45) is -0.343. The standard InChI is InChI=1S/C40H40N4O10S/c1-16-30(46)21-12-23-38(48)44-24-13-51-39(49)40(37-20(10-11-41-40)19-8-6-7-9-22(19)42-37)14-55-36(29(44)28(43(23)4)25(21)31(47)33(16)50-5)27-26(24)35-34(52-15-53-35)17(2)32(27)54-18(3)45/h6-9,23-24,28-29,36,38,41-42,48H,10-15H2,1-5H3/t23-,24-,28?,29?,36-,38+,40-/m1/s1. The summed E-state index contributed by atoms with van der Waals surface area (Å²) >= 11 is 1.45. The highest BCUT2D eigenvalue weighted by Crippen LogP contribution is 2.62. The fourth-order valence-corrected chi connectivity index (χ4v) is 12.1. The van der Waals surface area contributed by atoms with Crippen LogP contribution >= 0.6 is 11.8 Å². The van der Waals surface area contributed by atoms with Gasteiger partial charge in [-0.05, 0) is 45.4 Å². The van der Waals surface area contributed by atoms with Crippen molar-refractivity contribution in [1.82, 2.24) is 20.1 Å². The fraction of sp³-hybridized carbons (Fsp3) is 0.450. The second kappa shape index (κ2) is 12.2. The number of para-hydroxylation sites is 1. The van der Waals surface area contributed by atoms with E-state index in [-0.39, 0.29) is 48.5 Å². The number of esters is 2. The van der Waals surface area contributed by atoms with Crippen LogP contribution in [0, 0.1) is 6.92 Å². The highest BCUT2D eigenvalue weighted by molar-refractivity contribution is 7.99. The van der Waals surface area contributed by atoms with Crippen LogP contribution in [0.15, 0.2) is 46.7 Å². The van der Waals surface area contributed by atoms with Gasteiger partial charge in [-0.25, -0.2) is 4.79 Å². The van der Waals surface area contributed by atoms with Crippen LogP contribution in [0.5, 0.6) is 17.2 Å². The number of aliphatic hydroxyl groups excluding tert-OH is 1. The van der Waals surface area contributed by atoms with Crippen LogP contribution in [0.3, 0.4) is 0 Å². The summed E-state index contributed by atoms with van der Waals surface area (Å²) in [7, 11) is 3.26. The molecule has 0 saturated carbocycles. The quantitative estimate of drug-likeness (QED) is 0.198. The number of fused-ring (bicyclic) bond motifs is 10. The number of piperazine rings is 1. The number of thioether (sulfide) groups is 1. The predicted molar refractivity (Wildman–Crippen MR) is 198 cm³/mol. The van der Waals surface area contributed by atoms with Gasteiger partial charge in [0, 0.05) is 69.6 Å². The molecule has 7 aliphatic heterocycles. The Morgan fingerprint density at radius 1 is 1.07 bits per heavy atom. The third-order valence-electron chi connectivity index (χ3n) is 12.8. The minimum atomic E-state index is -1.30. The van der Waals surface area contributed by atoms with Crippen molar-refractivity contribution < 1.29 is 48.0 Å². The molecule has 8 aliphatic rings. The van der Waals surface area contributed by atoms with Crippen molar-refractivity contribution in [3.63, 3.8) is 0 Å². The molecule has 0 amide bonds. The Morgan fingerprint density at radius 2 is 1.85 bits per heavy atom. The van der Waals surface area contributed by atoms with E-state index in [9.17, 15) is 24.3 Å². The van der Waals surface area contributed by atoms with Crippen molar-refractivity contribution in [2.24, 2.45) is 0 Å². The number of aromatic amines is 1. The van der Waals surface area contributed by atoms with Crippen molar-refractivity contribution in [3.05, 3.63) is 74.7 Å². The smallest absolute Gasteiger partial charge is 0.333 e. The molecule has 2 fully saturated rings. The maximum Gasteiger partial charge on any atom is 0.333 e. The van der Waals surface area contributed by atoms with E-state index in [2.05, 4.69) is 10.3 Å². The fourth-order valence-electron chi connectivity index (χ4n) is 10.4. The first kappa shape index (κ1) is 34.8. The minimum absolute atomic E-state index is 0.00297. The SMILES string of the molecule is COC1=C(C)C(=O)C2=C(C1=O)C1C3[C@@H]4SC[C@]5(NCCc6c5[nH]c5ccccc65)C(=O)OC[C@H](c5c6c(c(C)c(OC(C)=O)c54)OCO6)N3[C@@H](O)[C@@H](C2)N1C. The molecular formula is C40H40N4O10S. The lowest BCUT2D eigenvalue weighted by atomic mass is 9.70. The van der Waals surface area contributed by atoms with Gasteiger partial charge in [0.25, 0.3) is 0 Å². The molecule has 11 rings (SSSR count). The van der Waals surface area contributed by atoms with Gasteiger partial charge in [-0.3, -0.25) is 29.5 Å². The summed E-state index contributed by atoms with van der Waals surface area (Å²) in [5, 5.41) is 16.5. The first-order valence-corrected chi connectivity index (χ1v) is 19.6. The van der Waals surface area contributed by atoms with Gasteiger partial charge in [-0.15, -0.1) is 11.8 Å². The van der Waals surface area contributed by atoms with Crippen molar-refractivity contribution >= 4 is 46.2 Å². The lowest BCUT2D eigenvalue weighted by molar-refractivity contribution is -0.181. The molecule has 1 aliphatic carbocycles. The number of Topliss-reactive ketones (excluding diaryl/α,β-unsaturated/α-hetero) is 2. The van der Waals surface area contributed by atoms with E-state index < -0.39 is 53.1 Å². The monoisotopic (exact) mass is 768 g/mol. The largest absolute Gasteiger partial charge is 0.492 e. The number of ether oxygens (including phenoxy) is 5. The van der Waals surface area contributed by atoms with E-state index in [4.69, 9.17) is 23.7 Å². The van der Waals surface area contributed by atoms with Gasteiger partial charge in [-0.1, -0.05) is 18.2 Å². The zero-order valence-electron chi connectivity index (χ0n) is 30.9. The van der Waals surface area contributed by atoms with Crippen molar-refractivity contribution in [2.45, 2.75) is 74.8 Å². The molecule has 8 heterocycles. The van der Waals surface area contributed by atoms with Crippen LogP contribution in [0.2, 0.25) is 0 Å². The Labute approximate surface area is 320 Å². The molecule has 4 bridgehead atoms. The molecule has 14 nitrogen and oxygen atoms in total. The Bertz CT molecular complexity index is 2350. The van der Waals surface area contributed by atoms with E-state index in [0.29, 0.717) is 58.1 Å². The van der Waals surface area contributed by atoms with E-state index in [1.54, 1.807) is 6.92 Å². The molecule has 0 radical (unpaired) electrons. The molecule has 3 N–H and O–H groups in total. The Morgan fingerprint density at radius 3 is 2.64 bits per heavy atom. The number of likely N-dealkylation sites (N-methyl/N-ethyl adjacent to an activating group) is 1. The number of H-pyrrole nitrogens is 1. The number of aliphatic hydroxyl groups is 1. The summed E-state index contributed by atoms with van der Waals surface area (Å²) in [5.74, 6) is -0.372. The van der Waals surface area contributed by atoms with Crippen LogP contribution in [-0.2, 0) is 40.6 Å². The molecule has 55 heavy (non-hydrogen) atoms. The van der Waals surface area contributed by atoms with Crippen LogP contribution in [0.4, 0.5) is 0 Å². The lowest BCUT2D eigenvalue weighted by Gasteiger charge is -2.62. The second-order valence-electron chi connectivity index (χ2n) is 15.3. The highest BCUT2D eigenvalue weighted by Gasteiger charge is 2.63. The Balaban J connectivity index is 1.23. The van der Waals surface area contributed by atoms with Crippen LogP contribution in [0.1, 0.15) is 59.5 Å². The third-order valence-corrected chi connectivity index (χ3v) is 14.2. The zero-order chi connectivity index (χ0) is 38.2. The number of aromatic nitrogens is 1. The number of rotatable bonds is 2. The summed E-state index contributed by atoms with van der Waals surface area (Å²) in [4.78, 5) is 63.7. The third kappa shape index (κ3) is 4.52. The van der Waals surface area contributed by atoms with Gasteiger partial charge in [0.2, 0.25) is 12.6 Å². The van der Waals surface area contributed by atoms with Gasteiger partial charge in [0.15, 0.2) is 28.6 Å². The van der Waals surface area contributed by atoms with Crippen LogP contribution < -0.4 is 19.5 Å². The Hall–Kier alpha value is -4.67. The average Bonchev–Trinajstić information content (AvgIpc) is 3.82. The van der Waals surface area contributed by atoms with Crippen LogP contribution in [-0.4, -0.2) is 108 Å². The molecule has 2 unspecified atom stereocenters. The maximum atomic E-state index is 14.8. The number of methoxy groups -OCH3 is 1. The first-order chi connectivity index (χ1) is 26.5. The van der Waals surface area contributed by atoms with Gasteiger partial charge >= 0.3 is 11.9 Å². The number of ketones is 2. The molecule has 15 heteroatoms. The van der Waals surface area contributed by atoms with Gasteiger partial charge in [0.1, 0.15) is 18.6 Å². The number of benzene rings is 2. The average molecular weight is 769 g/mol. The van der Waals surface area contributed by atoms with E-state index >= 15 is 0 Å². The molecule has 3 aromatic rings. The molecular weight excluding hydrogens is 729 g/mol. The summed E-state index contributed by atoms with van der Waals surface area (Å²) in [6.45, 7) is 4.97. The van der Waals surface area contributed by atoms with Gasteiger partial charge in [-0.2, -0.15) is 0 Å². The number of carbonyl (C=O) groups is 4. The lowest BCUT2D eigenvalue weighted by Crippen LogP contribution is -2.73. The number of allylic oxidation sites excluding steroid dienone is 2. The van der Waals surface area contributed by atoms with Gasteiger partial charge < -0.3 is 33.8 Å². The topological polar surface area (TPSA) is 169 Å². The molecule has 1 spiro atoms. The number of hydrogen-bond acceptors (Lipinski definition) is 14. The van der Waals surface area contributed by atoms with E-state index in [1.165, 1.54) is 25.8 Å². The second-order valence-corrected chi connectivity index (χ2v) is 16.5. The van der Waals surface area contributed by atoms with Crippen LogP contribution in [0.25, 0.3) is 10.9 Å². The van der Waals surface area contributed by atoms with E-state index in [1.807, 2.05) is 48.0 Å². The summed E-state index contributed by atoms with van der Waals surface area (Å²) in [6, 6.07) is 5.12. The number of carbonyl (C=O) groups excluding carboxylic acids is 4. The zero-order valence-corrected chi connectivity index (χ0v) is 31.8. The van der Waals surface area contributed by atoms with Crippen molar-refractivity contribution in [1.29, 1.82) is 0 Å². The number of nitrogens with one attached hydrogen (secondary N) is 2. The Kier molecular flexibility index (Phi) is 7.69. The molecule has 286 valence electrons. The normalized spacial score (nSPS) is 31.3. The highest BCUT2D eigenvalue weighted by atomic mass is 32.2. The van der Waals surface area contributed by atoms with Crippen molar-refractivity contribution in [2.75, 3.05) is 39.9 Å². The summed E-state index contributed by atoms with van der Waals surface area (Å²) < 4.78 is 30.3. The number of nitrogens with zero attached hydrogens (tertiary/aromatic N) is 2. The van der Waals surface area contributed by atoms with Gasteiger partial charge in [0.05, 0.1) is 36.2 Å². The maximum absolute atomic E-state index is 14.8. The minimum Gasteiger partial charge on any atom is -0.492 e. The molecule has 7 atom stereocenters.